The van der Waals surface area contributed by atoms with E-state index in [9.17, 15) is 4.79 Å². The summed E-state index contributed by atoms with van der Waals surface area (Å²) in [6.45, 7) is 6.09. The molecule has 1 aliphatic carbocycles. The predicted molar refractivity (Wildman–Crippen MR) is 69.0 cm³/mol. The highest BCUT2D eigenvalue weighted by molar-refractivity contribution is 7.80. The van der Waals surface area contributed by atoms with Gasteiger partial charge in [0.05, 0.1) is 11.1 Å². The minimum absolute atomic E-state index is 0.0161. The third kappa shape index (κ3) is 2.00. The minimum Gasteiger partial charge on any atom is -0.352 e. The summed E-state index contributed by atoms with van der Waals surface area (Å²) in [5.74, 6) is -0.278. The summed E-state index contributed by atoms with van der Waals surface area (Å²) in [4.78, 5) is 12.7. The van der Waals surface area contributed by atoms with Gasteiger partial charge in [0.15, 0.2) is 5.78 Å². The number of carbonyl (C=O) groups is 1. The lowest BCUT2D eigenvalue weighted by Crippen LogP contribution is -2.44. The molecular formula is C13H16N2OS. The number of hydrogen-bond donors (Lipinski definition) is 1. The van der Waals surface area contributed by atoms with Crippen molar-refractivity contribution in [3.05, 3.63) is 11.3 Å². The standard InChI is InChI=1S/C13H16N2OS/c1-7-8(6-14)12(17)15-9-4-13(2,3)5-10(16)11(7)9/h7-8H,4-5H2,1-3H3,(H,15,17)/t7-,8+/m1/s1. The topological polar surface area (TPSA) is 52.9 Å². The highest BCUT2D eigenvalue weighted by Crippen LogP contribution is 2.41. The molecule has 17 heavy (non-hydrogen) atoms. The van der Waals surface area contributed by atoms with Crippen molar-refractivity contribution in [3.8, 4) is 6.07 Å². The van der Waals surface area contributed by atoms with Crippen LogP contribution in [0.1, 0.15) is 33.6 Å². The van der Waals surface area contributed by atoms with E-state index in [4.69, 9.17) is 17.5 Å². The Morgan fingerprint density at radius 3 is 2.71 bits per heavy atom. The number of Topliss-reactive ketones (excluding diaryl/α,β-unsaturated/α-hetero) is 1. The Morgan fingerprint density at radius 2 is 2.12 bits per heavy atom. The zero-order valence-electron chi connectivity index (χ0n) is 10.3. The largest absolute Gasteiger partial charge is 0.352 e. The second-order valence-corrected chi connectivity index (χ2v) is 6.16. The number of nitriles is 1. The van der Waals surface area contributed by atoms with Crippen molar-refractivity contribution in [2.45, 2.75) is 33.6 Å². The molecule has 1 aliphatic heterocycles. The van der Waals surface area contributed by atoms with Gasteiger partial charge < -0.3 is 5.32 Å². The summed E-state index contributed by atoms with van der Waals surface area (Å²) in [6, 6.07) is 2.19. The van der Waals surface area contributed by atoms with Gasteiger partial charge in [-0.1, -0.05) is 33.0 Å². The lowest BCUT2D eigenvalue weighted by Gasteiger charge is -2.39. The molecule has 0 bridgehead atoms. The molecule has 1 heterocycles. The molecule has 90 valence electrons. The summed E-state index contributed by atoms with van der Waals surface area (Å²) in [5, 5.41) is 12.2. The number of hydrogen-bond acceptors (Lipinski definition) is 3. The van der Waals surface area contributed by atoms with E-state index < -0.39 is 0 Å². The van der Waals surface area contributed by atoms with Gasteiger partial charge in [-0.3, -0.25) is 4.79 Å². The maximum absolute atomic E-state index is 12.2. The summed E-state index contributed by atoms with van der Waals surface area (Å²) in [6.07, 6.45) is 1.39. The number of ketones is 1. The average molecular weight is 248 g/mol. The molecular weight excluding hydrogens is 232 g/mol. The molecule has 0 saturated carbocycles. The van der Waals surface area contributed by atoms with Gasteiger partial charge >= 0.3 is 0 Å². The Balaban J connectivity index is 2.45. The predicted octanol–water partition coefficient (Wildman–Crippen LogP) is 2.34. The van der Waals surface area contributed by atoms with Crippen LogP contribution in [0.5, 0.6) is 0 Å². The molecule has 0 spiro atoms. The van der Waals surface area contributed by atoms with Crippen LogP contribution < -0.4 is 5.32 Å². The van der Waals surface area contributed by atoms with E-state index in [0.717, 1.165) is 17.7 Å². The Morgan fingerprint density at radius 1 is 1.47 bits per heavy atom. The SMILES string of the molecule is C[C@H]1C2=C(CC(C)(C)CC2=O)NC(=S)[C@H]1C#N. The third-order valence-electron chi connectivity index (χ3n) is 3.57. The molecule has 0 fully saturated rings. The van der Waals surface area contributed by atoms with Crippen LogP contribution >= 0.6 is 12.2 Å². The first kappa shape index (κ1) is 12.3. The molecule has 2 rings (SSSR count). The number of carbonyl (C=O) groups excluding carboxylic acids is 1. The van der Waals surface area contributed by atoms with Crippen LogP contribution in [-0.2, 0) is 4.79 Å². The molecule has 2 atom stereocenters. The minimum atomic E-state index is -0.367. The molecule has 0 unspecified atom stereocenters. The van der Waals surface area contributed by atoms with Gasteiger partial charge in [-0.05, 0) is 11.8 Å². The zero-order chi connectivity index (χ0) is 12.8. The molecule has 2 aliphatic rings. The first-order chi connectivity index (χ1) is 7.85. The van der Waals surface area contributed by atoms with Crippen LogP contribution in [0.2, 0.25) is 0 Å². The van der Waals surface area contributed by atoms with Crippen LogP contribution in [0.15, 0.2) is 11.3 Å². The van der Waals surface area contributed by atoms with Gasteiger partial charge in [-0.2, -0.15) is 5.26 Å². The zero-order valence-corrected chi connectivity index (χ0v) is 11.1. The smallest absolute Gasteiger partial charge is 0.161 e. The molecule has 1 N–H and O–H groups in total. The average Bonchev–Trinajstić information content (AvgIpc) is 2.14. The lowest BCUT2D eigenvalue weighted by molar-refractivity contribution is -0.118. The molecule has 3 nitrogen and oxygen atoms in total. The molecule has 0 amide bonds. The summed E-state index contributed by atoms with van der Waals surface area (Å²) in [7, 11) is 0. The maximum Gasteiger partial charge on any atom is 0.161 e. The van der Waals surface area contributed by atoms with E-state index in [1.165, 1.54) is 0 Å². The van der Waals surface area contributed by atoms with Gasteiger partial charge in [0.25, 0.3) is 0 Å². The fraction of sp³-hybridized carbons (Fsp3) is 0.615. The Kier molecular flexibility index (Phi) is 2.82. The summed E-state index contributed by atoms with van der Waals surface area (Å²) in [5.41, 5.74) is 1.72. The van der Waals surface area contributed by atoms with E-state index in [0.29, 0.717) is 11.4 Å². The fourth-order valence-electron chi connectivity index (χ4n) is 2.77. The van der Waals surface area contributed by atoms with Gasteiger partial charge in [0.1, 0.15) is 5.92 Å². The van der Waals surface area contributed by atoms with Crippen molar-refractivity contribution >= 4 is 23.0 Å². The summed E-state index contributed by atoms with van der Waals surface area (Å²) < 4.78 is 0. The second-order valence-electron chi connectivity index (χ2n) is 5.72. The third-order valence-corrected chi connectivity index (χ3v) is 3.93. The molecule has 0 radical (unpaired) electrons. The van der Waals surface area contributed by atoms with Crippen molar-refractivity contribution in [1.29, 1.82) is 5.26 Å². The molecule has 0 saturated heterocycles. The second kappa shape index (κ2) is 3.92. The maximum atomic E-state index is 12.2. The van der Waals surface area contributed by atoms with Gasteiger partial charge in [0, 0.05) is 23.6 Å². The van der Waals surface area contributed by atoms with Crippen LogP contribution in [0.4, 0.5) is 0 Å². The van der Waals surface area contributed by atoms with Crippen LogP contribution in [0.25, 0.3) is 0 Å². The highest BCUT2D eigenvalue weighted by Gasteiger charge is 2.41. The molecule has 0 aromatic rings. The van der Waals surface area contributed by atoms with Gasteiger partial charge in [-0.15, -0.1) is 0 Å². The van der Waals surface area contributed by atoms with Crippen molar-refractivity contribution in [1.82, 2.24) is 5.32 Å². The van der Waals surface area contributed by atoms with E-state index in [2.05, 4.69) is 25.2 Å². The van der Waals surface area contributed by atoms with E-state index >= 15 is 0 Å². The number of nitrogens with one attached hydrogen (secondary N) is 1. The van der Waals surface area contributed by atoms with Crippen molar-refractivity contribution in [2.75, 3.05) is 0 Å². The normalized spacial score (nSPS) is 31.6. The van der Waals surface area contributed by atoms with Crippen molar-refractivity contribution in [2.24, 2.45) is 17.3 Å². The van der Waals surface area contributed by atoms with Crippen molar-refractivity contribution in [3.63, 3.8) is 0 Å². The van der Waals surface area contributed by atoms with Crippen molar-refractivity contribution < 1.29 is 4.79 Å². The number of rotatable bonds is 0. The highest BCUT2D eigenvalue weighted by atomic mass is 32.1. The number of thiocarbonyl (C=S) groups is 1. The van der Waals surface area contributed by atoms with Crippen LogP contribution in [0, 0.1) is 28.6 Å². The van der Waals surface area contributed by atoms with Crippen LogP contribution in [0.3, 0.4) is 0 Å². The van der Waals surface area contributed by atoms with E-state index in [1.807, 2.05) is 6.92 Å². The quantitative estimate of drug-likeness (QED) is 0.668. The molecule has 4 heteroatoms. The molecule has 0 aromatic heterocycles. The number of nitrogens with zero attached hydrogens (tertiary/aromatic N) is 1. The number of allylic oxidation sites excluding steroid dienone is 2. The van der Waals surface area contributed by atoms with E-state index in [1.54, 1.807) is 0 Å². The Bertz CT molecular complexity index is 470. The Labute approximate surface area is 107 Å². The van der Waals surface area contributed by atoms with Gasteiger partial charge in [-0.25, -0.2) is 0 Å². The lowest BCUT2D eigenvalue weighted by atomic mass is 9.69. The first-order valence-corrected chi connectivity index (χ1v) is 6.23. The molecule has 0 aromatic carbocycles. The van der Waals surface area contributed by atoms with Crippen LogP contribution in [-0.4, -0.2) is 10.8 Å². The van der Waals surface area contributed by atoms with Gasteiger partial charge in [0.2, 0.25) is 0 Å². The summed E-state index contributed by atoms with van der Waals surface area (Å²) >= 11 is 5.21. The fourth-order valence-corrected chi connectivity index (χ4v) is 3.15. The first-order valence-electron chi connectivity index (χ1n) is 5.82. The van der Waals surface area contributed by atoms with E-state index in [-0.39, 0.29) is 23.0 Å². The Hall–Kier alpha value is -1.21. The monoisotopic (exact) mass is 248 g/mol.